The first-order chi connectivity index (χ1) is 8.69. The van der Waals surface area contributed by atoms with E-state index in [1.807, 2.05) is 0 Å². The third-order valence-corrected chi connectivity index (χ3v) is 6.86. The van der Waals surface area contributed by atoms with Gasteiger partial charge in [-0.2, -0.15) is 4.37 Å². The molecular weight excluding hydrogens is 310 g/mol. The summed E-state index contributed by atoms with van der Waals surface area (Å²) in [6.45, 7) is 0.406. The quantitative estimate of drug-likeness (QED) is 0.798. The van der Waals surface area contributed by atoms with E-state index in [1.54, 1.807) is 0 Å². The smallest absolute Gasteiger partial charge is 0.182 e. The standard InChI is InChI=1S/C9H15N3O4S3/c1-18(13,14)7-8(10)12-17-9(7)11-4-6-2-3-19(15,16)5-6/h6,11H,2-5H2,1H3,(H2,10,12). The molecule has 0 aliphatic carbocycles. The third-order valence-electron chi connectivity index (χ3n) is 2.92. The van der Waals surface area contributed by atoms with Gasteiger partial charge in [-0.05, 0) is 23.9 Å². The molecule has 0 bridgehead atoms. The number of nitrogens with zero attached hydrogens (tertiary/aromatic N) is 1. The van der Waals surface area contributed by atoms with Crippen LogP contribution in [0.4, 0.5) is 10.8 Å². The largest absolute Gasteiger partial charge is 0.382 e. The fraction of sp³-hybridized carbons (Fsp3) is 0.667. The number of anilines is 2. The van der Waals surface area contributed by atoms with Crippen molar-refractivity contribution in [1.82, 2.24) is 4.37 Å². The van der Waals surface area contributed by atoms with Gasteiger partial charge in [-0.1, -0.05) is 0 Å². The second kappa shape index (κ2) is 4.91. The molecule has 1 aliphatic rings. The summed E-state index contributed by atoms with van der Waals surface area (Å²) < 4.78 is 49.6. The van der Waals surface area contributed by atoms with E-state index in [2.05, 4.69) is 9.69 Å². The average Bonchev–Trinajstić information content (AvgIpc) is 2.78. The summed E-state index contributed by atoms with van der Waals surface area (Å²) in [6, 6.07) is 0. The van der Waals surface area contributed by atoms with Gasteiger partial charge in [-0.3, -0.25) is 0 Å². The van der Waals surface area contributed by atoms with Gasteiger partial charge in [-0.25, -0.2) is 16.8 Å². The molecule has 1 aromatic rings. The van der Waals surface area contributed by atoms with Gasteiger partial charge in [0.1, 0.15) is 9.90 Å². The van der Waals surface area contributed by atoms with Crippen molar-refractivity contribution in [3.05, 3.63) is 0 Å². The molecule has 108 valence electrons. The molecular formula is C9H15N3O4S3. The van der Waals surface area contributed by atoms with Crippen molar-refractivity contribution in [3.8, 4) is 0 Å². The molecule has 7 nitrogen and oxygen atoms in total. The lowest BCUT2D eigenvalue weighted by atomic mass is 10.1. The monoisotopic (exact) mass is 325 g/mol. The van der Waals surface area contributed by atoms with Gasteiger partial charge in [0.05, 0.1) is 11.5 Å². The Bertz CT molecular complexity index is 678. The van der Waals surface area contributed by atoms with Crippen LogP contribution in [0.3, 0.4) is 0 Å². The number of aromatic nitrogens is 1. The van der Waals surface area contributed by atoms with E-state index >= 15 is 0 Å². The first-order valence-electron chi connectivity index (χ1n) is 5.58. The second-order valence-corrected chi connectivity index (χ2v) is 9.60. The SMILES string of the molecule is CS(=O)(=O)c1c(N)nsc1NCC1CCS(=O)(=O)C1. The van der Waals surface area contributed by atoms with Crippen molar-refractivity contribution in [2.24, 2.45) is 5.92 Å². The van der Waals surface area contributed by atoms with Gasteiger partial charge in [0, 0.05) is 12.8 Å². The minimum Gasteiger partial charge on any atom is -0.382 e. The molecule has 2 heterocycles. The summed E-state index contributed by atoms with van der Waals surface area (Å²) >= 11 is 0.972. The molecule has 1 fully saturated rings. The highest BCUT2D eigenvalue weighted by molar-refractivity contribution is 7.91. The number of rotatable bonds is 4. The van der Waals surface area contributed by atoms with Gasteiger partial charge in [0.25, 0.3) is 0 Å². The Labute approximate surface area is 116 Å². The van der Waals surface area contributed by atoms with Crippen LogP contribution >= 0.6 is 11.5 Å². The predicted molar refractivity (Wildman–Crippen MR) is 74.9 cm³/mol. The van der Waals surface area contributed by atoms with Crippen molar-refractivity contribution in [3.63, 3.8) is 0 Å². The molecule has 3 N–H and O–H groups in total. The number of nitrogens with one attached hydrogen (secondary N) is 1. The van der Waals surface area contributed by atoms with E-state index in [-0.39, 0.29) is 28.1 Å². The van der Waals surface area contributed by atoms with Crippen LogP contribution in [0.5, 0.6) is 0 Å². The lowest BCUT2D eigenvalue weighted by molar-refractivity contribution is 0.594. The van der Waals surface area contributed by atoms with Crippen LogP contribution in [0.25, 0.3) is 0 Å². The normalized spacial score (nSPS) is 22.5. The van der Waals surface area contributed by atoms with Crippen molar-refractivity contribution < 1.29 is 16.8 Å². The fourth-order valence-corrected chi connectivity index (χ4v) is 5.97. The molecule has 10 heteroatoms. The molecule has 19 heavy (non-hydrogen) atoms. The topological polar surface area (TPSA) is 119 Å². The van der Waals surface area contributed by atoms with Crippen LogP contribution in [0.15, 0.2) is 4.90 Å². The predicted octanol–water partition coefficient (Wildman–Crippen LogP) is -0.0246. The summed E-state index contributed by atoms with van der Waals surface area (Å²) in [5.74, 6) is 0.320. The Kier molecular flexibility index (Phi) is 3.76. The van der Waals surface area contributed by atoms with Gasteiger partial charge >= 0.3 is 0 Å². The van der Waals surface area contributed by atoms with Crippen molar-refractivity contribution in [2.75, 3.05) is 35.4 Å². The van der Waals surface area contributed by atoms with Crippen LogP contribution in [0, 0.1) is 5.92 Å². The molecule has 1 saturated heterocycles. The fourth-order valence-electron chi connectivity index (χ4n) is 2.03. The Balaban J connectivity index is 2.10. The van der Waals surface area contributed by atoms with Gasteiger partial charge < -0.3 is 11.1 Å². The summed E-state index contributed by atoms with van der Waals surface area (Å²) in [5.41, 5.74) is 5.54. The minimum absolute atomic E-state index is 0.000680. The molecule has 1 aromatic heterocycles. The number of sulfone groups is 2. The van der Waals surface area contributed by atoms with E-state index < -0.39 is 19.7 Å². The highest BCUT2D eigenvalue weighted by atomic mass is 32.2. The average molecular weight is 325 g/mol. The van der Waals surface area contributed by atoms with Crippen LogP contribution in [-0.4, -0.2) is 45.5 Å². The lowest BCUT2D eigenvalue weighted by Crippen LogP contribution is -2.16. The summed E-state index contributed by atoms with van der Waals surface area (Å²) in [5, 5.41) is 3.33. The van der Waals surface area contributed by atoms with Gasteiger partial charge in [0.15, 0.2) is 25.5 Å². The molecule has 0 spiro atoms. The Hall–Kier alpha value is -0.870. The summed E-state index contributed by atoms with van der Waals surface area (Å²) in [6.07, 6.45) is 1.66. The number of hydrogen-bond donors (Lipinski definition) is 2. The van der Waals surface area contributed by atoms with Gasteiger partial charge in [-0.15, -0.1) is 0 Å². The highest BCUT2D eigenvalue weighted by Gasteiger charge is 2.28. The lowest BCUT2D eigenvalue weighted by Gasteiger charge is -2.10. The minimum atomic E-state index is -3.45. The molecule has 2 rings (SSSR count). The summed E-state index contributed by atoms with van der Waals surface area (Å²) in [4.78, 5) is -0.00152. The maximum atomic E-state index is 11.6. The Morgan fingerprint density at radius 2 is 2.21 bits per heavy atom. The van der Waals surface area contributed by atoms with Gasteiger partial charge in [0.2, 0.25) is 0 Å². The zero-order valence-electron chi connectivity index (χ0n) is 10.3. The van der Waals surface area contributed by atoms with Crippen LogP contribution < -0.4 is 11.1 Å². The molecule has 0 aromatic carbocycles. The number of hydrogen-bond acceptors (Lipinski definition) is 8. The van der Waals surface area contributed by atoms with Crippen LogP contribution in [0.1, 0.15) is 6.42 Å². The molecule has 0 saturated carbocycles. The number of nitrogens with two attached hydrogens (primary N) is 1. The molecule has 1 atom stereocenters. The Morgan fingerprint density at radius 1 is 1.53 bits per heavy atom. The maximum absolute atomic E-state index is 11.6. The van der Waals surface area contributed by atoms with Crippen molar-refractivity contribution in [2.45, 2.75) is 11.3 Å². The zero-order chi connectivity index (χ0) is 14.3. The third kappa shape index (κ3) is 3.37. The summed E-state index contributed by atoms with van der Waals surface area (Å²) in [7, 11) is -6.38. The molecule has 1 aliphatic heterocycles. The zero-order valence-corrected chi connectivity index (χ0v) is 12.7. The van der Waals surface area contributed by atoms with Crippen LogP contribution in [-0.2, 0) is 19.7 Å². The molecule has 1 unspecified atom stereocenters. The van der Waals surface area contributed by atoms with E-state index in [0.717, 1.165) is 17.8 Å². The van der Waals surface area contributed by atoms with Crippen LogP contribution in [0.2, 0.25) is 0 Å². The van der Waals surface area contributed by atoms with E-state index in [0.29, 0.717) is 18.0 Å². The molecule has 0 amide bonds. The van der Waals surface area contributed by atoms with E-state index in [4.69, 9.17) is 5.73 Å². The first-order valence-corrected chi connectivity index (χ1v) is 10.1. The first kappa shape index (κ1) is 14.5. The van der Waals surface area contributed by atoms with E-state index in [9.17, 15) is 16.8 Å². The highest BCUT2D eigenvalue weighted by Crippen LogP contribution is 2.32. The maximum Gasteiger partial charge on any atom is 0.182 e. The Morgan fingerprint density at radius 3 is 2.74 bits per heavy atom. The molecule has 0 radical (unpaired) electrons. The second-order valence-electron chi connectivity index (χ2n) is 4.65. The van der Waals surface area contributed by atoms with Crippen molar-refractivity contribution in [1.29, 1.82) is 0 Å². The van der Waals surface area contributed by atoms with Crippen molar-refractivity contribution >= 4 is 42.0 Å². The number of nitrogen functional groups attached to an aromatic ring is 1. The van der Waals surface area contributed by atoms with E-state index in [1.165, 1.54) is 0 Å².